The third-order valence-corrected chi connectivity index (χ3v) is 3.36. The molecule has 0 rings (SSSR count). The number of rotatable bonds is 6. The first kappa shape index (κ1) is 12.0. The monoisotopic (exact) mass is 209 g/mol. The van der Waals surface area contributed by atoms with Crippen molar-refractivity contribution in [2.45, 2.75) is 13.8 Å². The summed E-state index contributed by atoms with van der Waals surface area (Å²) in [5.74, 6) is 1.95. The molecule has 0 saturated carbocycles. The second-order valence-corrected chi connectivity index (χ2v) is 4.77. The highest BCUT2D eigenvalue weighted by molar-refractivity contribution is 8.76. The van der Waals surface area contributed by atoms with E-state index in [-0.39, 0.29) is 6.09 Å². The number of carbonyl (C=O) groups is 1. The van der Waals surface area contributed by atoms with Crippen LogP contribution in [0.25, 0.3) is 0 Å². The molecule has 0 fully saturated rings. The Bertz CT molecular complexity index is 122. The van der Waals surface area contributed by atoms with Crippen molar-refractivity contribution in [2.24, 2.45) is 0 Å². The van der Waals surface area contributed by atoms with Gasteiger partial charge in [-0.05, 0) is 6.92 Å². The number of hydrogen-bond donors (Lipinski definition) is 1. The number of nitrogens with one attached hydrogen (secondary N) is 1. The van der Waals surface area contributed by atoms with Crippen molar-refractivity contribution in [3.8, 4) is 0 Å². The van der Waals surface area contributed by atoms with E-state index in [1.807, 2.05) is 6.92 Å². The molecule has 0 aromatic rings. The van der Waals surface area contributed by atoms with Gasteiger partial charge in [0.25, 0.3) is 0 Å². The van der Waals surface area contributed by atoms with Gasteiger partial charge in [0.15, 0.2) is 0 Å². The van der Waals surface area contributed by atoms with Crippen molar-refractivity contribution in [1.29, 1.82) is 0 Å². The molecule has 0 aromatic heterocycles. The smallest absolute Gasteiger partial charge is 0.407 e. The van der Waals surface area contributed by atoms with Gasteiger partial charge in [-0.15, -0.1) is 0 Å². The van der Waals surface area contributed by atoms with Gasteiger partial charge in [-0.2, -0.15) is 0 Å². The molecule has 0 spiro atoms. The van der Waals surface area contributed by atoms with Crippen LogP contribution in [0.4, 0.5) is 4.79 Å². The Balaban J connectivity index is 3.03. The fourth-order valence-electron chi connectivity index (χ4n) is 0.506. The van der Waals surface area contributed by atoms with Gasteiger partial charge in [0.05, 0.1) is 0 Å². The number of hydrogen-bond acceptors (Lipinski definition) is 4. The first-order chi connectivity index (χ1) is 5.81. The lowest BCUT2D eigenvalue weighted by Gasteiger charge is -2.03. The van der Waals surface area contributed by atoms with Gasteiger partial charge in [-0.25, -0.2) is 4.79 Å². The van der Waals surface area contributed by atoms with Gasteiger partial charge in [0, 0.05) is 18.1 Å². The number of amides is 1. The van der Waals surface area contributed by atoms with Crippen molar-refractivity contribution < 1.29 is 9.53 Å². The van der Waals surface area contributed by atoms with Crippen molar-refractivity contribution >= 4 is 27.7 Å². The Morgan fingerprint density at radius 2 is 2.17 bits per heavy atom. The minimum atomic E-state index is -0.320. The molecule has 72 valence electrons. The van der Waals surface area contributed by atoms with Gasteiger partial charge < -0.3 is 10.1 Å². The first-order valence-corrected chi connectivity index (χ1v) is 6.45. The summed E-state index contributed by atoms with van der Waals surface area (Å²) in [5.41, 5.74) is 0. The Morgan fingerprint density at radius 3 is 2.75 bits per heavy atom. The lowest BCUT2D eigenvalue weighted by Crippen LogP contribution is -2.24. The maximum Gasteiger partial charge on any atom is 0.407 e. The lowest BCUT2D eigenvalue weighted by molar-refractivity contribution is 0.154. The van der Waals surface area contributed by atoms with Crippen LogP contribution in [0.15, 0.2) is 0 Å². The van der Waals surface area contributed by atoms with Crippen molar-refractivity contribution in [3.05, 3.63) is 0 Å². The molecule has 0 radical (unpaired) electrons. The third kappa shape index (κ3) is 8.07. The average Bonchev–Trinajstić information content (AvgIpc) is 2.05. The summed E-state index contributed by atoms with van der Waals surface area (Å²) in [5, 5.41) is 2.56. The number of alkyl carbamates (subject to hydrolysis) is 1. The van der Waals surface area contributed by atoms with E-state index in [4.69, 9.17) is 4.74 Å². The highest BCUT2D eigenvalue weighted by Crippen LogP contribution is 2.19. The highest BCUT2D eigenvalue weighted by atomic mass is 33.1. The van der Waals surface area contributed by atoms with Gasteiger partial charge >= 0.3 is 6.09 Å². The normalized spacial score (nSPS) is 9.50. The SMILES string of the molecule is CCNC(=O)OCCSSCC. The Kier molecular flexibility index (Phi) is 9.04. The molecule has 0 aromatic carbocycles. The van der Waals surface area contributed by atoms with Gasteiger partial charge in [-0.1, -0.05) is 28.5 Å². The van der Waals surface area contributed by atoms with Crippen LogP contribution >= 0.6 is 21.6 Å². The summed E-state index contributed by atoms with van der Waals surface area (Å²) in [6, 6.07) is 0. The highest BCUT2D eigenvalue weighted by Gasteiger charge is 1.97. The second-order valence-electron chi connectivity index (χ2n) is 1.89. The molecule has 12 heavy (non-hydrogen) atoms. The maximum atomic E-state index is 10.7. The Hall–Kier alpha value is -0.0300. The molecular formula is C7H15NO2S2. The summed E-state index contributed by atoms with van der Waals surface area (Å²) in [6.07, 6.45) is -0.320. The zero-order chi connectivity index (χ0) is 9.23. The average molecular weight is 209 g/mol. The predicted octanol–water partition coefficient (Wildman–Crippen LogP) is 2.13. The molecule has 3 nitrogen and oxygen atoms in total. The van der Waals surface area contributed by atoms with E-state index in [1.165, 1.54) is 0 Å². The summed E-state index contributed by atoms with van der Waals surface area (Å²) in [6.45, 7) is 5.07. The van der Waals surface area contributed by atoms with Crippen molar-refractivity contribution in [3.63, 3.8) is 0 Å². The summed E-state index contributed by atoms with van der Waals surface area (Å²) in [4.78, 5) is 10.7. The minimum absolute atomic E-state index is 0.320. The molecule has 0 bridgehead atoms. The summed E-state index contributed by atoms with van der Waals surface area (Å²) in [7, 11) is 3.50. The molecular weight excluding hydrogens is 194 g/mol. The van der Waals surface area contributed by atoms with Crippen LogP contribution in [0.3, 0.4) is 0 Å². The number of ether oxygens (including phenoxy) is 1. The van der Waals surface area contributed by atoms with Gasteiger partial charge in [0.2, 0.25) is 0 Å². The quantitative estimate of drug-likeness (QED) is 0.537. The van der Waals surface area contributed by atoms with Gasteiger partial charge in [-0.3, -0.25) is 0 Å². The molecule has 5 heteroatoms. The van der Waals surface area contributed by atoms with E-state index in [0.29, 0.717) is 13.2 Å². The molecule has 0 aliphatic rings. The molecule has 1 amide bonds. The fraction of sp³-hybridized carbons (Fsp3) is 0.857. The molecule has 1 N–H and O–H groups in total. The molecule has 0 heterocycles. The van der Waals surface area contributed by atoms with E-state index in [1.54, 1.807) is 21.6 Å². The standard InChI is InChI=1S/C7H15NO2S2/c1-3-8-7(9)10-5-6-12-11-4-2/h3-6H2,1-2H3,(H,8,9). The van der Waals surface area contributed by atoms with E-state index in [2.05, 4.69) is 12.2 Å². The Morgan fingerprint density at radius 1 is 1.42 bits per heavy atom. The van der Waals surface area contributed by atoms with Crippen molar-refractivity contribution in [1.82, 2.24) is 5.32 Å². The second kappa shape index (κ2) is 9.06. The predicted molar refractivity (Wildman–Crippen MR) is 55.6 cm³/mol. The minimum Gasteiger partial charge on any atom is -0.449 e. The molecule has 0 aliphatic heterocycles. The number of carbonyl (C=O) groups excluding carboxylic acids is 1. The maximum absolute atomic E-state index is 10.7. The van der Waals surface area contributed by atoms with Crippen LogP contribution in [0, 0.1) is 0 Å². The third-order valence-electron chi connectivity index (χ3n) is 0.922. The summed E-state index contributed by atoms with van der Waals surface area (Å²) < 4.78 is 4.84. The van der Waals surface area contributed by atoms with E-state index >= 15 is 0 Å². The van der Waals surface area contributed by atoms with Crippen LogP contribution in [0.5, 0.6) is 0 Å². The fourth-order valence-corrected chi connectivity index (χ4v) is 2.00. The summed E-state index contributed by atoms with van der Waals surface area (Å²) >= 11 is 0. The van der Waals surface area contributed by atoms with E-state index in [0.717, 1.165) is 11.5 Å². The first-order valence-electron chi connectivity index (χ1n) is 3.96. The van der Waals surface area contributed by atoms with Crippen LogP contribution in [0.2, 0.25) is 0 Å². The zero-order valence-corrected chi connectivity index (χ0v) is 9.09. The molecule has 0 aliphatic carbocycles. The van der Waals surface area contributed by atoms with Crippen LogP contribution in [-0.4, -0.2) is 30.8 Å². The molecule has 0 atom stereocenters. The molecule has 0 unspecified atom stereocenters. The van der Waals surface area contributed by atoms with Crippen LogP contribution < -0.4 is 5.32 Å². The van der Waals surface area contributed by atoms with Crippen LogP contribution in [-0.2, 0) is 4.74 Å². The Labute approximate surface area is 81.4 Å². The molecule has 0 saturated heterocycles. The largest absolute Gasteiger partial charge is 0.449 e. The van der Waals surface area contributed by atoms with Crippen LogP contribution in [0.1, 0.15) is 13.8 Å². The van der Waals surface area contributed by atoms with E-state index in [9.17, 15) is 4.79 Å². The lowest BCUT2D eigenvalue weighted by atomic mass is 10.7. The topological polar surface area (TPSA) is 38.3 Å². The van der Waals surface area contributed by atoms with Crippen molar-refractivity contribution in [2.75, 3.05) is 24.7 Å². The zero-order valence-electron chi connectivity index (χ0n) is 7.46. The van der Waals surface area contributed by atoms with E-state index < -0.39 is 0 Å². The van der Waals surface area contributed by atoms with Gasteiger partial charge in [0.1, 0.15) is 6.61 Å².